The highest BCUT2D eigenvalue weighted by Crippen LogP contribution is 2.53. The fourth-order valence-corrected chi connectivity index (χ4v) is 4.06. The van der Waals surface area contributed by atoms with Crippen molar-refractivity contribution in [2.75, 3.05) is 23.9 Å². The quantitative estimate of drug-likeness (QED) is 0.616. The molecule has 4 heteroatoms. The first-order valence-corrected chi connectivity index (χ1v) is 7.41. The summed E-state index contributed by atoms with van der Waals surface area (Å²) >= 11 is 0. The molecule has 1 heterocycles. The van der Waals surface area contributed by atoms with Crippen LogP contribution in [-0.2, 0) is 9.59 Å². The van der Waals surface area contributed by atoms with Crippen molar-refractivity contribution in [3.8, 4) is 0 Å². The average Bonchev–Trinajstić information content (AvgIpc) is 3.13. The van der Waals surface area contributed by atoms with E-state index in [1.165, 1.54) is 4.90 Å². The number of rotatable bonds is 2. The van der Waals surface area contributed by atoms with Gasteiger partial charge in [0.15, 0.2) is 0 Å². The highest BCUT2D eigenvalue weighted by Gasteiger charge is 2.59. The topological polar surface area (TPSA) is 40.6 Å². The molecule has 2 aliphatic carbocycles. The molecule has 0 radical (unpaired) electrons. The lowest BCUT2D eigenvalue weighted by Crippen LogP contribution is -2.32. The van der Waals surface area contributed by atoms with E-state index in [0.717, 1.165) is 12.1 Å². The minimum Gasteiger partial charge on any atom is -0.378 e. The Morgan fingerprint density at radius 1 is 0.952 bits per heavy atom. The molecule has 4 rings (SSSR count). The van der Waals surface area contributed by atoms with Gasteiger partial charge in [0.2, 0.25) is 11.8 Å². The summed E-state index contributed by atoms with van der Waals surface area (Å²) in [5.41, 5.74) is 1.75. The number of hydrogen-bond acceptors (Lipinski definition) is 3. The van der Waals surface area contributed by atoms with Crippen LogP contribution in [0, 0.1) is 23.7 Å². The summed E-state index contributed by atoms with van der Waals surface area (Å²) in [6.07, 6.45) is 5.21. The third-order valence-corrected chi connectivity index (χ3v) is 5.09. The van der Waals surface area contributed by atoms with Crippen LogP contribution in [0.3, 0.4) is 0 Å². The Labute approximate surface area is 124 Å². The molecule has 21 heavy (non-hydrogen) atoms. The van der Waals surface area contributed by atoms with E-state index >= 15 is 0 Å². The fraction of sp³-hybridized carbons (Fsp3) is 0.412. The summed E-state index contributed by atoms with van der Waals surface area (Å²) in [6.45, 7) is 0. The Bertz CT molecular complexity index is 617. The molecule has 0 N–H and O–H groups in total. The summed E-state index contributed by atoms with van der Waals surface area (Å²) < 4.78 is 0. The van der Waals surface area contributed by atoms with Crippen LogP contribution in [0.25, 0.3) is 0 Å². The molecule has 0 unspecified atom stereocenters. The molecule has 4 atom stereocenters. The number of carbonyl (C=O) groups is 2. The number of imide groups is 1. The molecule has 1 aromatic carbocycles. The number of nitrogens with zero attached hydrogens (tertiary/aromatic N) is 2. The lowest BCUT2D eigenvalue weighted by Gasteiger charge is -2.19. The van der Waals surface area contributed by atoms with Gasteiger partial charge in [-0.3, -0.25) is 14.5 Å². The Hall–Kier alpha value is -2.10. The summed E-state index contributed by atoms with van der Waals surface area (Å²) in [7, 11) is 3.93. The molecule has 108 valence electrons. The van der Waals surface area contributed by atoms with Crippen molar-refractivity contribution in [3.63, 3.8) is 0 Å². The number of amides is 2. The fourth-order valence-electron chi connectivity index (χ4n) is 4.06. The van der Waals surface area contributed by atoms with Crippen molar-refractivity contribution in [3.05, 3.63) is 36.4 Å². The molecule has 4 nitrogen and oxygen atoms in total. The Morgan fingerprint density at radius 3 is 1.95 bits per heavy atom. The van der Waals surface area contributed by atoms with E-state index in [0.29, 0.717) is 5.69 Å². The third-order valence-electron chi connectivity index (χ3n) is 5.09. The molecule has 1 saturated carbocycles. The van der Waals surface area contributed by atoms with Crippen molar-refractivity contribution < 1.29 is 9.59 Å². The number of hydrogen-bond donors (Lipinski definition) is 0. The van der Waals surface area contributed by atoms with Gasteiger partial charge in [0, 0.05) is 19.8 Å². The van der Waals surface area contributed by atoms with E-state index in [4.69, 9.17) is 0 Å². The second-order valence-corrected chi connectivity index (χ2v) is 6.42. The van der Waals surface area contributed by atoms with Gasteiger partial charge in [-0.2, -0.15) is 0 Å². The molecule has 1 saturated heterocycles. The van der Waals surface area contributed by atoms with Gasteiger partial charge >= 0.3 is 0 Å². The van der Waals surface area contributed by atoms with Gasteiger partial charge in [0.1, 0.15) is 0 Å². The lowest BCUT2D eigenvalue weighted by molar-refractivity contribution is -0.123. The minimum atomic E-state index is -0.124. The number of allylic oxidation sites excluding steroid dienone is 2. The zero-order valence-electron chi connectivity index (χ0n) is 12.2. The average molecular weight is 282 g/mol. The Kier molecular flexibility index (Phi) is 2.52. The maximum atomic E-state index is 12.7. The molecule has 0 aromatic heterocycles. The van der Waals surface area contributed by atoms with Crippen LogP contribution in [0.2, 0.25) is 0 Å². The second-order valence-electron chi connectivity index (χ2n) is 6.42. The van der Waals surface area contributed by atoms with E-state index in [1.807, 2.05) is 43.3 Å². The lowest BCUT2D eigenvalue weighted by atomic mass is 9.85. The van der Waals surface area contributed by atoms with Crippen LogP contribution in [0.15, 0.2) is 36.4 Å². The van der Waals surface area contributed by atoms with Crippen LogP contribution >= 0.6 is 0 Å². The first-order chi connectivity index (χ1) is 10.1. The third kappa shape index (κ3) is 1.62. The van der Waals surface area contributed by atoms with Crippen LogP contribution in [-0.4, -0.2) is 25.9 Å². The van der Waals surface area contributed by atoms with Gasteiger partial charge in [-0.05, 0) is 42.5 Å². The summed E-state index contributed by atoms with van der Waals surface area (Å²) in [4.78, 5) is 28.7. The number of carbonyl (C=O) groups excluding carboxylic acids is 2. The number of benzene rings is 1. The molecule has 2 fully saturated rings. The van der Waals surface area contributed by atoms with Gasteiger partial charge in [-0.25, -0.2) is 0 Å². The largest absolute Gasteiger partial charge is 0.378 e. The molecular formula is C17H18N2O2. The predicted octanol–water partition coefficient (Wildman–Crippen LogP) is 2.06. The van der Waals surface area contributed by atoms with Gasteiger partial charge < -0.3 is 4.90 Å². The first kappa shape index (κ1) is 12.6. The molecular weight excluding hydrogens is 264 g/mol. The van der Waals surface area contributed by atoms with Crippen molar-refractivity contribution in [1.29, 1.82) is 0 Å². The molecule has 2 bridgehead atoms. The van der Waals surface area contributed by atoms with E-state index in [2.05, 4.69) is 12.2 Å². The molecule has 2 amide bonds. The van der Waals surface area contributed by atoms with Gasteiger partial charge in [0.05, 0.1) is 17.5 Å². The molecule has 0 spiro atoms. The van der Waals surface area contributed by atoms with Crippen LogP contribution < -0.4 is 9.80 Å². The summed E-state index contributed by atoms with van der Waals surface area (Å²) in [6, 6.07) is 7.61. The van der Waals surface area contributed by atoms with Gasteiger partial charge in [0.25, 0.3) is 0 Å². The van der Waals surface area contributed by atoms with Crippen molar-refractivity contribution in [2.24, 2.45) is 23.7 Å². The standard InChI is InChI=1S/C17H18N2O2/c1-18(2)12-5-7-13(8-6-12)19-16(20)14-10-3-4-11(9-10)15(14)17(19)21/h3-8,10-11,14-15H,9H2,1-2H3/t10-,11-,14-,15+/m1/s1. The predicted molar refractivity (Wildman–Crippen MR) is 81.0 cm³/mol. The molecule has 1 aromatic rings. The minimum absolute atomic E-state index is 0.0144. The SMILES string of the molecule is CN(C)c1ccc(N2C(=O)[C@@H]3[C@H](C2=O)[C@@H]2C=C[C@@H]3C2)cc1. The molecule has 1 aliphatic heterocycles. The summed E-state index contributed by atoms with van der Waals surface area (Å²) in [5, 5.41) is 0. The van der Waals surface area contributed by atoms with Gasteiger partial charge in [-0.1, -0.05) is 12.2 Å². The highest BCUT2D eigenvalue weighted by atomic mass is 16.2. The second kappa shape index (κ2) is 4.20. The Balaban J connectivity index is 1.68. The zero-order chi connectivity index (χ0) is 14.7. The normalized spacial score (nSPS) is 33.0. The summed E-state index contributed by atoms with van der Waals surface area (Å²) in [5.74, 6) is 0.256. The van der Waals surface area contributed by atoms with Crippen LogP contribution in [0.1, 0.15) is 6.42 Å². The van der Waals surface area contributed by atoms with Crippen molar-refractivity contribution in [1.82, 2.24) is 0 Å². The smallest absolute Gasteiger partial charge is 0.238 e. The van der Waals surface area contributed by atoms with E-state index < -0.39 is 0 Å². The zero-order valence-corrected chi connectivity index (χ0v) is 12.2. The number of fused-ring (bicyclic) bond motifs is 5. The maximum Gasteiger partial charge on any atom is 0.238 e. The van der Waals surface area contributed by atoms with Crippen molar-refractivity contribution in [2.45, 2.75) is 6.42 Å². The van der Waals surface area contributed by atoms with Crippen LogP contribution in [0.5, 0.6) is 0 Å². The monoisotopic (exact) mass is 282 g/mol. The first-order valence-electron chi connectivity index (χ1n) is 7.41. The van der Waals surface area contributed by atoms with E-state index in [9.17, 15) is 9.59 Å². The maximum absolute atomic E-state index is 12.7. The van der Waals surface area contributed by atoms with Crippen molar-refractivity contribution >= 4 is 23.2 Å². The molecule has 3 aliphatic rings. The highest BCUT2D eigenvalue weighted by molar-refractivity contribution is 6.22. The van der Waals surface area contributed by atoms with E-state index in [1.54, 1.807) is 0 Å². The van der Waals surface area contributed by atoms with E-state index in [-0.39, 0.29) is 35.5 Å². The number of anilines is 2. The Morgan fingerprint density at radius 2 is 1.48 bits per heavy atom. The van der Waals surface area contributed by atoms with Gasteiger partial charge in [-0.15, -0.1) is 0 Å². The van der Waals surface area contributed by atoms with Crippen LogP contribution in [0.4, 0.5) is 11.4 Å².